The minimum atomic E-state index is 0.0392. The summed E-state index contributed by atoms with van der Waals surface area (Å²) in [6.45, 7) is 8.11. The molecule has 23 heavy (non-hydrogen) atoms. The monoisotopic (exact) mass is 331 g/mol. The van der Waals surface area contributed by atoms with Crippen LogP contribution in [-0.2, 0) is 4.79 Å². The van der Waals surface area contributed by atoms with Crippen LogP contribution in [0.2, 0.25) is 5.02 Å². The summed E-state index contributed by atoms with van der Waals surface area (Å²) < 4.78 is 1.95. The molecule has 4 nitrogen and oxygen atoms in total. The number of halogens is 1. The highest BCUT2D eigenvalue weighted by Crippen LogP contribution is 2.48. The average molecular weight is 332 g/mol. The molecule has 2 aromatic rings. The smallest absolute Gasteiger partial charge is 0.228 e. The fraction of sp³-hybridized carbons (Fsp3) is 0.444. The quantitative estimate of drug-likeness (QED) is 0.898. The second-order valence-electron chi connectivity index (χ2n) is 6.57. The first kappa shape index (κ1) is 16.1. The molecule has 1 aliphatic rings. The van der Waals surface area contributed by atoms with Gasteiger partial charge in [-0.05, 0) is 57.7 Å². The number of aromatic nitrogens is 2. The molecular formula is C18H22ClN3O. The summed E-state index contributed by atoms with van der Waals surface area (Å²) in [4.78, 5) is 12.5. The van der Waals surface area contributed by atoms with Crippen LogP contribution in [0.15, 0.2) is 24.3 Å². The van der Waals surface area contributed by atoms with Gasteiger partial charge in [-0.25, -0.2) is 0 Å². The number of benzene rings is 1. The molecule has 0 spiro atoms. The molecule has 1 fully saturated rings. The average Bonchev–Trinajstić information content (AvgIpc) is 3.25. The van der Waals surface area contributed by atoms with Gasteiger partial charge in [0.25, 0.3) is 0 Å². The second-order valence-corrected chi connectivity index (χ2v) is 7.01. The van der Waals surface area contributed by atoms with Crippen molar-refractivity contribution >= 4 is 23.2 Å². The SMILES string of the molecule is Cc1nn(C(C)C)c(C)c1NC(=O)[C@@H]1C[C@@H]1c1ccc(Cl)cc1. The van der Waals surface area contributed by atoms with E-state index >= 15 is 0 Å². The number of nitrogens with zero attached hydrogens (tertiary/aromatic N) is 2. The minimum absolute atomic E-state index is 0.0392. The topological polar surface area (TPSA) is 46.9 Å². The number of amides is 1. The third-order valence-electron chi connectivity index (χ3n) is 4.49. The number of hydrogen-bond acceptors (Lipinski definition) is 2. The van der Waals surface area contributed by atoms with E-state index in [1.807, 2.05) is 42.8 Å². The fourth-order valence-electron chi connectivity index (χ4n) is 3.13. The summed E-state index contributed by atoms with van der Waals surface area (Å²) in [5.74, 6) is 0.421. The van der Waals surface area contributed by atoms with E-state index < -0.39 is 0 Å². The number of hydrogen-bond donors (Lipinski definition) is 1. The van der Waals surface area contributed by atoms with Gasteiger partial charge >= 0.3 is 0 Å². The van der Waals surface area contributed by atoms with Gasteiger partial charge < -0.3 is 5.32 Å². The van der Waals surface area contributed by atoms with E-state index in [9.17, 15) is 4.79 Å². The largest absolute Gasteiger partial charge is 0.323 e. The Bertz CT molecular complexity index is 733. The predicted molar refractivity (Wildman–Crippen MR) is 93.0 cm³/mol. The number of carbonyl (C=O) groups is 1. The van der Waals surface area contributed by atoms with Crippen LogP contribution in [0.25, 0.3) is 0 Å². The molecule has 1 saturated carbocycles. The molecule has 2 atom stereocenters. The van der Waals surface area contributed by atoms with Gasteiger partial charge in [-0.1, -0.05) is 23.7 Å². The van der Waals surface area contributed by atoms with E-state index in [4.69, 9.17) is 11.6 Å². The zero-order valence-electron chi connectivity index (χ0n) is 13.9. The van der Waals surface area contributed by atoms with Crippen molar-refractivity contribution in [3.63, 3.8) is 0 Å². The number of anilines is 1. The van der Waals surface area contributed by atoms with E-state index in [1.165, 1.54) is 5.56 Å². The lowest BCUT2D eigenvalue weighted by atomic mass is 10.1. The molecule has 122 valence electrons. The minimum Gasteiger partial charge on any atom is -0.323 e. The van der Waals surface area contributed by atoms with Crippen LogP contribution in [0.3, 0.4) is 0 Å². The van der Waals surface area contributed by atoms with Crippen molar-refractivity contribution in [2.24, 2.45) is 5.92 Å². The van der Waals surface area contributed by atoms with E-state index in [2.05, 4.69) is 24.3 Å². The standard InChI is InChI=1S/C18H22ClN3O/c1-10(2)22-12(4)17(11(3)21-22)20-18(23)16-9-15(16)13-5-7-14(19)8-6-13/h5-8,10,15-16H,9H2,1-4H3,(H,20,23)/t15-,16-/m1/s1. The Morgan fingerprint density at radius 2 is 1.96 bits per heavy atom. The number of carbonyl (C=O) groups excluding carboxylic acids is 1. The highest BCUT2D eigenvalue weighted by molar-refractivity contribution is 6.30. The number of aryl methyl sites for hydroxylation is 1. The van der Waals surface area contributed by atoms with Crippen molar-refractivity contribution in [1.29, 1.82) is 0 Å². The Kier molecular flexibility index (Phi) is 4.19. The molecule has 3 rings (SSSR count). The summed E-state index contributed by atoms with van der Waals surface area (Å²) in [6, 6.07) is 8.05. The van der Waals surface area contributed by atoms with Crippen molar-refractivity contribution in [1.82, 2.24) is 9.78 Å². The van der Waals surface area contributed by atoms with Crippen LogP contribution in [0.5, 0.6) is 0 Å². The maximum Gasteiger partial charge on any atom is 0.228 e. The molecule has 1 aliphatic carbocycles. The lowest BCUT2D eigenvalue weighted by Crippen LogP contribution is -2.16. The molecule has 5 heteroatoms. The Morgan fingerprint density at radius 1 is 1.30 bits per heavy atom. The molecule has 1 aromatic carbocycles. The zero-order valence-corrected chi connectivity index (χ0v) is 14.7. The van der Waals surface area contributed by atoms with E-state index in [-0.39, 0.29) is 17.9 Å². The molecule has 0 unspecified atom stereocenters. The Labute approximate surface area is 141 Å². The van der Waals surface area contributed by atoms with E-state index in [0.29, 0.717) is 5.92 Å². The Balaban J connectivity index is 1.71. The number of nitrogens with one attached hydrogen (secondary N) is 1. The van der Waals surface area contributed by atoms with Gasteiger partial charge in [-0.15, -0.1) is 0 Å². The summed E-state index contributed by atoms with van der Waals surface area (Å²) >= 11 is 5.92. The second kappa shape index (κ2) is 6.00. The van der Waals surface area contributed by atoms with Crippen molar-refractivity contribution in [2.75, 3.05) is 5.32 Å². The van der Waals surface area contributed by atoms with Crippen molar-refractivity contribution in [2.45, 2.75) is 46.1 Å². The van der Waals surface area contributed by atoms with Gasteiger partial charge in [-0.2, -0.15) is 5.10 Å². The van der Waals surface area contributed by atoms with Gasteiger partial charge in [-0.3, -0.25) is 9.48 Å². The molecule has 1 aromatic heterocycles. The van der Waals surface area contributed by atoms with Crippen LogP contribution in [-0.4, -0.2) is 15.7 Å². The first-order valence-electron chi connectivity index (χ1n) is 8.00. The molecule has 1 N–H and O–H groups in total. The van der Waals surface area contributed by atoms with Crippen LogP contribution in [0.4, 0.5) is 5.69 Å². The summed E-state index contributed by atoms with van der Waals surface area (Å²) in [7, 11) is 0. The third kappa shape index (κ3) is 3.13. The predicted octanol–water partition coefficient (Wildman–Crippen LogP) is 4.48. The first-order chi connectivity index (χ1) is 10.9. The molecule has 0 saturated heterocycles. The molecule has 0 bridgehead atoms. The van der Waals surface area contributed by atoms with Gasteiger partial charge in [0.05, 0.1) is 17.1 Å². The van der Waals surface area contributed by atoms with Crippen LogP contribution >= 0.6 is 11.6 Å². The normalized spacial score (nSPS) is 19.9. The van der Waals surface area contributed by atoms with Crippen LogP contribution < -0.4 is 5.32 Å². The maximum absolute atomic E-state index is 12.5. The van der Waals surface area contributed by atoms with Crippen LogP contribution in [0, 0.1) is 19.8 Å². The number of rotatable bonds is 4. The lowest BCUT2D eigenvalue weighted by molar-refractivity contribution is -0.117. The van der Waals surface area contributed by atoms with Gasteiger partial charge in [0.2, 0.25) is 5.91 Å². The zero-order chi connectivity index (χ0) is 16.7. The highest BCUT2D eigenvalue weighted by Gasteiger charge is 2.44. The van der Waals surface area contributed by atoms with Crippen molar-refractivity contribution < 1.29 is 4.79 Å². The maximum atomic E-state index is 12.5. The lowest BCUT2D eigenvalue weighted by Gasteiger charge is -2.09. The molecule has 0 radical (unpaired) electrons. The van der Waals surface area contributed by atoms with Gasteiger partial charge in [0.15, 0.2) is 0 Å². The summed E-state index contributed by atoms with van der Waals surface area (Å²) in [5, 5.41) is 8.32. The molecule has 1 amide bonds. The van der Waals surface area contributed by atoms with Crippen LogP contribution in [0.1, 0.15) is 49.2 Å². The fourth-order valence-corrected chi connectivity index (χ4v) is 3.25. The Morgan fingerprint density at radius 3 is 2.52 bits per heavy atom. The first-order valence-corrected chi connectivity index (χ1v) is 8.38. The van der Waals surface area contributed by atoms with E-state index in [1.54, 1.807) is 0 Å². The van der Waals surface area contributed by atoms with Crippen molar-refractivity contribution in [3.8, 4) is 0 Å². The molecule has 1 heterocycles. The summed E-state index contributed by atoms with van der Waals surface area (Å²) in [5.41, 5.74) is 3.91. The summed E-state index contributed by atoms with van der Waals surface area (Å²) in [6.07, 6.45) is 0.893. The van der Waals surface area contributed by atoms with Gasteiger partial charge in [0, 0.05) is 17.0 Å². The highest BCUT2D eigenvalue weighted by atomic mass is 35.5. The molecular weight excluding hydrogens is 310 g/mol. The molecule has 0 aliphatic heterocycles. The Hall–Kier alpha value is -1.81. The van der Waals surface area contributed by atoms with Gasteiger partial charge in [0.1, 0.15) is 0 Å². The van der Waals surface area contributed by atoms with Crippen molar-refractivity contribution in [3.05, 3.63) is 46.2 Å². The third-order valence-corrected chi connectivity index (χ3v) is 4.74. The van der Waals surface area contributed by atoms with E-state index in [0.717, 1.165) is 28.5 Å².